The summed E-state index contributed by atoms with van der Waals surface area (Å²) < 4.78 is 32.4. The molecule has 1 aliphatic carbocycles. The molecular weight excluding hydrogens is 669 g/mol. The number of carboxylic acids is 1. The smallest absolute Gasteiger partial charge is 0.475 e. The maximum Gasteiger partial charge on any atom is 0.490 e. The third kappa shape index (κ3) is 9.84. The minimum atomic E-state index is -5.08. The summed E-state index contributed by atoms with van der Waals surface area (Å²) in [6.07, 6.45) is 1.93. The van der Waals surface area contributed by atoms with Crippen LogP contribution in [-0.4, -0.2) is 106 Å². The Morgan fingerprint density at radius 2 is 1.72 bits per heavy atom. The molecule has 1 aromatic heterocycles. The first-order valence-corrected chi connectivity index (χ1v) is 16.2. The lowest BCUT2D eigenvalue weighted by molar-refractivity contribution is -0.192. The highest BCUT2D eigenvalue weighted by Gasteiger charge is 2.38. The van der Waals surface area contributed by atoms with Gasteiger partial charge in [-0.1, -0.05) is 19.1 Å². The van der Waals surface area contributed by atoms with Gasteiger partial charge < -0.3 is 10.0 Å². The number of likely N-dealkylation sites (N-methyl/N-ethyl adjacent to an activating group) is 1. The van der Waals surface area contributed by atoms with Gasteiger partial charge in [0.2, 0.25) is 5.82 Å². The van der Waals surface area contributed by atoms with Crippen LogP contribution < -0.4 is 10.4 Å². The first-order chi connectivity index (χ1) is 21.8. The van der Waals surface area contributed by atoms with Gasteiger partial charge in [0.1, 0.15) is 6.07 Å². The molecule has 1 aromatic carbocycles. The number of likely N-dealkylation sites (tertiary alicyclic amines) is 1. The third-order valence-corrected chi connectivity index (χ3v) is 9.34. The number of anilines is 1. The predicted octanol–water partition coefficient (Wildman–Crippen LogP) is 4.30. The van der Waals surface area contributed by atoms with Gasteiger partial charge in [0, 0.05) is 50.5 Å². The number of aliphatic carboxylic acids is 1. The van der Waals surface area contributed by atoms with Gasteiger partial charge in [-0.3, -0.25) is 25.0 Å². The fourth-order valence-corrected chi connectivity index (χ4v) is 6.52. The largest absolute Gasteiger partial charge is 0.490 e. The number of nitrogens with one attached hydrogen (secondary N) is 1. The van der Waals surface area contributed by atoms with Crippen molar-refractivity contribution in [2.75, 3.05) is 51.3 Å². The highest BCUT2D eigenvalue weighted by molar-refractivity contribution is 9.10. The zero-order valence-electron chi connectivity index (χ0n) is 26.0. The number of amides is 1. The van der Waals surface area contributed by atoms with Crippen LogP contribution in [0, 0.1) is 17.2 Å². The lowest BCUT2D eigenvalue weighted by atomic mass is 10.0. The second-order valence-corrected chi connectivity index (χ2v) is 13.1. The Morgan fingerprint density at radius 1 is 1.09 bits per heavy atom. The number of alkyl halides is 3. The van der Waals surface area contributed by atoms with E-state index in [4.69, 9.17) is 9.90 Å². The minimum Gasteiger partial charge on any atom is -0.475 e. The molecule has 3 aliphatic rings. The first-order valence-electron chi connectivity index (χ1n) is 15.4. The summed E-state index contributed by atoms with van der Waals surface area (Å²) in [7, 11) is 2.21. The van der Waals surface area contributed by atoms with E-state index in [-0.39, 0.29) is 17.8 Å². The van der Waals surface area contributed by atoms with Crippen LogP contribution >= 0.6 is 15.9 Å². The van der Waals surface area contributed by atoms with E-state index in [1.54, 1.807) is 6.20 Å². The molecule has 0 bridgehead atoms. The van der Waals surface area contributed by atoms with E-state index in [0.29, 0.717) is 27.8 Å². The molecule has 5 rings (SSSR count). The molecule has 3 heterocycles. The molecule has 2 aliphatic heterocycles. The number of carbonyl (C=O) groups is 2. The number of hydrogen-bond acceptors (Lipinski definition) is 9. The number of piperidine rings is 1. The minimum absolute atomic E-state index is 0.0791. The maximum atomic E-state index is 13.3. The number of aromatic nitrogens is 2. The first kappa shape index (κ1) is 35.5. The molecule has 46 heavy (non-hydrogen) atoms. The second kappa shape index (κ2) is 16.0. The monoisotopic (exact) mass is 708 g/mol. The van der Waals surface area contributed by atoms with Crippen LogP contribution in [0.1, 0.15) is 60.8 Å². The van der Waals surface area contributed by atoms with Crippen molar-refractivity contribution in [3.8, 4) is 6.07 Å². The number of nitrogens with zero attached hydrogens (tertiary/aromatic N) is 7. The Balaban J connectivity index is 0.000000617. The van der Waals surface area contributed by atoms with Crippen molar-refractivity contribution in [2.24, 2.45) is 5.92 Å². The number of halogens is 4. The van der Waals surface area contributed by atoms with Crippen LogP contribution in [0.15, 0.2) is 34.9 Å². The summed E-state index contributed by atoms with van der Waals surface area (Å²) >= 11 is 3.52. The quantitative estimate of drug-likeness (QED) is 0.402. The number of nitriles is 1. The molecule has 2 N–H and O–H groups in total. The number of carbonyl (C=O) groups excluding carboxylic acids is 1. The van der Waals surface area contributed by atoms with E-state index in [2.05, 4.69) is 72.1 Å². The van der Waals surface area contributed by atoms with E-state index in [1.807, 2.05) is 23.2 Å². The van der Waals surface area contributed by atoms with Gasteiger partial charge in [0.15, 0.2) is 5.82 Å². The summed E-state index contributed by atoms with van der Waals surface area (Å²) in [6.45, 7) is 10.1. The van der Waals surface area contributed by atoms with Crippen molar-refractivity contribution in [3.05, 3.63) is 51.9 Å². The third-order valence-electron chi connectivity index (χ3n) is 8.78. The number of piperazine rings is 1. The molecule has 1 saturated carbocycles. The van der Waals surface area contributed by atoms with Crippen LogP contribution in [0.3, 0.4) is 0 Å². The zero-order chi connectivity index (χ0) is 33.4. The van der Waals surface area contributed by atoms with Crippen molar-refractivity contribution in [3.63, 3.8) is 0 Å². The van der Waals surface area contributed by atoms with Crippen LogP contribution in [0.25, 0.3) is 0 Å². The molecule has 2 atom stereocenters. The zero-order valence-corrected chi connectivity index (χ0v) is 27.6. The van der Waals surface area contributed by atoms with Crippen LogP contribution in [0.5, 0.6) is 0 Å². The van der Waals surface area contributed by atoms with Gasteiger partial charge in [0.25, 0.3) is 5.91 Å². The molecule has 2 aromatic rings. The predicted molar refractivity (Wildman–Crippen MR) is 169 cm³/mol. The number of hydrogen-bond donors (Lipinski definition) is 2. The molecule has 250 valence electrons. The van der Waals surface area contributed by atoms with Crippen molar-refractivity contribution in [1.29, 1.82) is 5.26 Å². The van der Waals surface area contributed by atoms with Crippen molar-refractivity contribution in [2.45, 2.75) is 63.8 Å². The van der Waals surface area contributed by atoms with Gasteiger partial charge in [-0.15, -0.1) is 0 Å². The Morgan fingerprint density at radius 3 is 2.26 bits per heavy atom. The van der Waals surface area contributed by atoms with E-state index in [9.17, 15) is 23.2 Å². The molecule has 15 heteroatoms. The topological polar surface area (TPSA) is 129 Å². The van der Waals surface area contributed by atoms with Crippen LogP contribution in [0.2, 0.25) is 0 Å². The standard InChI is InChI=1S/C29H39BrN8O.C2HF3O2/c1-21-3-8-25(17-21)38(28-26(30)19-32-27(18-31)33-28)34-29(39)23-6-4-22(5-7-23)20-36-11-9-24(10-12-36)37-15-13-35(2)14-16-37;3-2(4,5)1(6)7/h4-7,19,21,24-25H,3,8-17,20H2,1-2H3,(H,34,39);(H,6,7). The van der Waals surface area contributed by atoms with E-state index < -0.39 is 12.1 Å². The van der Waals surface area contributed by atoms with E-state index >= 15 is 0 Å². The lowest BCUT2D eigenvalue weighted by Crippen LogP contribution is -2.52. The lowest BCUT2D eigenvalue weighted by Gasteiger charge is -2.42. The summed E-state index contributed by atoms with van der Waals surface area (Å²) in [4.78, 5) is 38.3. The fraction of sp³-hybridized carbons (Fsp3) is 0.581. The number of carboxylic acid groups (broad SMARTS) is 1. The van der Waals surface area contributed by atoms with Crippen LogP contribution in [-0.2, 0) is 11.3 Å². The average molecular weight is 710 g/mol. The summed E-state index contributed by atoms with van der Waals surface area (Å²) in [5.41, 5.74) is 4.92. The molecule has 11 nitrogen and oxygen atoms in total. The average Bonchev–Trinajstić information content (AvgIpc) is 3.47. The molecule has 0 spiro atoms. The van der Waals surface area contributed by atoms with Gasteiger partial charge >= 0.3 is 12.1 Å². The molecule has 3 fully saturated rings. The number of hydrazine groups is 1. The van der Waals surface area contributed by atoms with Gasteiger partial charge in [-0.2, -0.15) is 23.4 Å². The molecular formula is C31H40BrF3N8O3. The number of benzene rings is 1. The van der Waals surface area contributed by atoms with Gasteiger partial charge in [-0.25, -0.2) is 9.78 Å². The van der Waals surface area contributed by atoms with Gasteiger partial charge in [-0.05, 0) is 91.8 Å². The molecule has 1 amide bonds. The second-order valence-electron chi connectivity index (χ2n) is 12.2. The Labute approximate surface area is 275 Å². The maximum absolute atomic E-state index is 13.3. The highest BCUT2D eigenvalue weighted by atomic mass is 79.9. The molecule has 0 radical (unpaired) electrons. The van der Waals surface area contributed by atoms with Crippen molar-refractivity contribution >= 4 is 33.6 Å². The summed E-state index contributed by atoms with van der Waals surface area (Å²) in [5, 5.41) is 18.3. The highest BCUT2D eigenvalue weighted by Crippen LogP contribution is 2.33. The molecule has 2 saturated heterocycles. The normalized spacial score (nSPS) is 21.6. The Kier molecular flexibility index (Phi) is 12.4. The number of rotatable bonds is 7. The van der Waals surface area contributed by atoms with Crippen molar-refractivity contribution in [1.82, 2.24) is 30.1 Å². The van der Waals surface area contributed by atoms with Crippen molar-refractivity contribution < 1.29 is 27.9 Å². The summed E-state index contributed by atoms with van der Waals surface area (Å²) in [6, 6.07) is 10.8. The Hall–Kier alpha value is -3.32. The van der Waals surface area contributed by atoms with E-state index in [1.165, 1.54) is 44.6 Å². The Bertz CT molecular complexity index is 1370. The SMILES string of the molecule is CC1CCC(N(NC(=O)c2ccc(CN3CCC(N4CCN(C)CC4)CC3)cc2)c2nc(C#N)ncc2Br)C1.O=C(O)C(F)(F)F. The van der Waals surface area contributed by atoms with E-state index in [0.717, 1.165) is 38.9 Å². The summed E-state index contributed by atoms with van der Waals surface area (Å²) in [5.74, 6) is -1.78. The molecule has 2 unspecified atom stereocenters. The fourth-order valence-electron chi connectivity index (χ4n) is 6.13. The van der Waals surface area contributed by atoms with Crippen LogP contribution in [0.4, 0.5) is 19.0 Å². The van der Waals surface area contributed by atoms with Gasteiger partial charge in [0.05, 0.1) is 10.5 Å².